The van der Waals surface area contributed by atoms with E-state index in [4.69, 9.17) is 11.6 Å². The zero-order chi connectivity index (χ0) is 16.2. The van der Waals surface area contributed by atoms with Gasteiger partial charge in [0.1, 0.15) is 11.4 Å². The van der Waals surface area contributed by atoms with Crippen molar-refractivity contribution in [2.75, 3.05) is 5.32 Å². The van der Waals surface area contributed by atoms with E-state index >= 15 is 0 Å². The Balaban J connectivity index is 2.95. The Bertz CT molecular complexity index is 541. The smallest absolute Gasteiger partial charge is 0.329 e. The lowest BCUT2D eigenvalue weighted by Gasteiger charge is -2.28. The Morgan fingerprint density at radius 1 is 1.38 bits per heavy atom. The van der Waals surface area contributed by atoms with Crippen LogP contribution >= 0.6 is 27.5 Å². The van der Waals surface area contributed by atoms with Crippen LogP contribution in [-0.2, 0) is 4.79 Å². The lowest BCUT2D eigenvalue weighted by Crippen LogP contribution is -2.55. The van der Waals surface area contributed by atoms with Gasteiger partial charge in [-0.25, -0.2) is 14.0 Å². The number of carbonyl (C=O) groups excluding carboxylic acids is 1. The molecule has 3 N–H and O–H groups in total. The summed E-state index contributed by atoms with van der Waals surface area (Å²) in [5, 5.41) is 14.1. The third-order valence-corrected chi connectivity index (χ3v) is 4.14. The van der Waals surface area contributed by atoms with E-state index in [0.717, 1.165) is 12.1 Å². The molecule has 0 unspecified atom stereocenters. The topological polar surface area (TPSA) is 78.4 Å². The number of anilines is 1. The molecule has 0 bridgehead atoms. The molecular formula is C13H15BrClFN2O3. The first-order valence-corrected chi connectivity index (χ1v) is 7.40. The molecule has 5 nitrogen and oxygen atoms in total. The predicted molar refractivity (Wildman–Crippen MR) is 82.2 cm³/mol. The molecule has 0 fully saturated rings. The number of benzene rings is 1. The van der Waals surface area contributed by atoms with Crippen molar-refractivity contribution in [2.45, 2.75) is 32.2 Å². The largest absolute Gasteiger partial charge is 0.480 e. The zero-order valence-electron chi connectivity index (χ0n) is 11.5. The third kappa shape index (κ3) is 4.07. The van der Waals surface area contributed by atoms with Crippen LogP contribution in [0.5, 0.6) is 0 Å². The molecule has 1 rings (SSSR count). The van der Waals surface area contributed by atoms with Gasteiger partial charge in [0, 0.05) is 4.47 Å². The van der Waals surface area contributed by atoms with Crippen molar-refractivity contribution in [1.29, 1.82) is 0 Å². The summed E-state index contributed by atoms with van der Waals surface area (Å²) in [5.74, 6) is -1.67. The molecule has 0 aliphatic rings. The summed E-state index contributed by atoms with van der Waals surface area (Å²) in [6.45, 7) is 3.33. The molecular weight excluding hydrogens is 367 g/mol. The summed E-state index contributed by atoms with van der Waals surface area (Å²) < 4.78 is 13.4. The molecule has 2 amide bonds. The summed E-state index contributed by atoms with van der Waals surface area (Å²) in [4.78, 5) is 23.3. The van der Waals surface area contributed by atoms with Gasteiger partial charge >= 0.3 is 12.0 Å². The number of nitrogens with one attached hydrogen (secondary N) is 2. The second kappa shape index (κ2) is 7.09. The van der Waals surface area contributed by atoms with E-state index in [1.54, 1.807) is 13.8 Å². The summed E-state index contributed by atoms with van der Waals surface area (Å²) in [7, 11) is 0. The Morgan fingerprint density at radius 2 is 1.95 bits per heavy atom. The zero-order valence-corrected chi connectivity index (χ0v) is 13.8. The van der Waals surface area contributed by atoms with Crippen LogP contribution in [0.1, 0.15) is 26.7 Å². The van der Waals surface area contributed by atoms with Gasteiger partial charge in [-0.1, -0.05) is 25.4 Å². The van der Waals surface area contributed by atoms with Gasteiger partial charge in [-0.15, -0.1) is 0 Å². The number of hydrogen-bond acceptors (Lipinski definition) is 2. The molecule has 8 heteroatoms. The Hall–Kier alpha value is -1.34. The fraction of sp³-hybridized carbons (Fsp3) is 0.385. The molecule has 0 spiro atoms. The number of amides is 2. The second-order valence-corrected chi connectivity index (χ2v) is 5.68. The molecule has 0 aliphatic heterocycles. The maximum Gasteiger partial charge on any atom is 0.329 e. The molecule has 0 saturated heterocycles. The van der Waals surface area contributed by atoms with Crippen molar-refractivity contribution in [3.63, 3.8) is 0 Å². The van der Waals surface area contributed by atoms with Crippen LogP contribution in [-0.4, -0.2) is 22.6 Å². The van der Waals surface area contributed by atoms with Crippen LogP contribution in [0.3, 0.4) is 0 Å². The first-order chi connectivity index (χ1) is 9.75. The van der Waals surface area contributed by atoms with Gasteiger partial charge in [-0.3, -0.25) is 0 Å². The van der Waals surface area contributed by atoms with Gasteiger partial charge in [-0.05, 0) is 40.9 Å². The summed E-state index contributed by atoms with van der Waals surface area (Å²) in [5.41, 5.74) is -1.19. The number of carboxylic acid groups (broad SMARTS) is 1. The van der Waals surface area contributed by atoms with Crippen molar-refractivity contribution in [2.24, 2.45) is 0 Å². The number of urea groups is 1. The van der Waals surface area contributed by atoms with Gasteiger partial charge in [0.2, 0.25) is 0 Å². The van der Waals surface area contributed by atoms with Crippen LogP contribution in [0.4, 0.5) is 14.9 Å². The van der Waals surface area contributed by atoms with Crippen molar-refractivity contribution >= 4 is 45.2 Å². The molecule has 0 atom stereocenters. The average molecular weight is 382 g/mol. The molecule has 0 aliphatic carbocycles. The van der Waals surface area contributed by atoms with Gasteiger partial charge < -0.3 is 15.7 Å². The molecule has 21 heavy (non-hydrogen) atoms. The third-order valence-electron chi connectivity index (χ3n) is 3.21. The van der Waals surface area contributed by atoms with Gasteiger partial charge in [0.25, 0.3) is 0 Å². The van der Waals surface area contributed by atoms with Crippen molar-refractivity contribution in [1.82, 2.24) is 5.32 Å². The summed E-state index contributed by atoms with van der Waals surface area (Å²) in [6, 6.07) is 1.47. The SMILES string of the molecule is CCC(CC)(NC(=O)Nc1c(Cl)cc(F)cc1Br)C(=O)O. The first-order valence-electron chi connectivity index (χ1n) is 6.22. The highest BCUT2D eigenvalue weighted by Gasteiger charge is 2.36. The van der Waals surface area contributed by atoms with Crippen LogP contribution in [0.2, 0.25) is 5.02 Å². The lowest BCUT2D eigenvalue weighted by molar-refractivity contribution is -0.144. The number of carboxylic acids is 1. The van der Waals surface area contributed by atoms with E-state index < -0.39 is 23.4 Å². The molecule has 1 aromatic carbocycles. The van der Waals surface area contributed by atoms with Crippen LogP contribution in [0, 0.1) is 5.82 Å². The first kappa shape index (κ1) is 17.7. The average Bonchev–Trinajstić information content (AvgIpc) is 2.40. The van der Waals surface area contributed by atoms with E-state index in [1.165, 1.54) is 0 Å². The molecule has 0 aromatic heterocycles. The maximum atomic E-state index is 13.1. The Morgan fingerprint density at radius 3 is 2.38 bits per heavy atom. The highest BCUT2D eigenvalue weighted by atomic mass is 79.9. The van der Waals surface area contributed by atoms with E-state index in [0.29, 0.717) is 0 Å². The van der Waals surface area contributed by atoms with E-state index in [9.17, 15) is 19.1 Å². The summed E-state index contributed by atoms with van der Waals surface area (Å²) in [6.07, 6.45) is 0.454. The van der Waals surface area contributed by atoms with Gasteiger partial charge in [0.15, 0.2) is 0 Å². The number of halogens is 3. The highest BCUT2D eigenvalue weighted by molar-refractivity contribution is 9.10. The van der Waals surface area contributed by atoms with E-state index in [1.807, 2.05) is 0 Å². The molecule has 0 heterocycles. The minimum atomic E-state index is -1.36. The van der Waals surface area contributed by atoms with E-state index in [2.05, 4.69) is 26.6 Å². The van der Waals surface area contributed by atoms with Crippen molar-refractivity contribution < 1.29 is 19.1 Å². The molecule has 116 valence electrons. The second-order valence-electron chi connectivity index (χ2n) is 4.42. The fourth-order valence-corrected chi connectivity index (χ4v) is 2.71. The molecule has 0 radical (unpaired) electrons. The standard InChI is InChI=1S/C13H15BrClFN2O3/c1-3-13(4-2,11(19)20)18-12(21)17-10-8(14)5-7(16)6-9(10)15/h5-6H,3-4H2,1-2H3,(H,19,20)(H2,17,18,21). The fourth-order valence-electron chi connectivity index (χ4n) is 1.81. The minimum Gasteiger partial charge on any atom is -0.480 e. The van der Waals surface area contributed by atoms with E-state index in [-0.39, 0.29) is 28.0 Å². The van der Waals surface area contributed by atoms with Crippen LogP contribution < -0.4 is 10.6 Å². The lowest BCUT2D eigenvalue weighted by atomic mass is 9.93. The monoisotopic (exact) mass is 380 g/mol. The molecule has 1 aromatic rings. The van der Waals surface area contributed by atoms with Crippen molar-refractivity contribution in [3.05, 3.63) is 27.4 Å². The summed E-state index contributed by atoms with van der Waals surface area (Å²) >= 11 is 8.94. The normalized spacial score (nSPS) is 11.1. The highest BCUT2D eigenvalue weighted by Crippen LogP contribution is 2.31. The quantitative estimate of drug-likeness (QED) is 0.721. The van der Waals surface area contributed by atoms with Crippen molar-refractivity contribution in [3.8, 4) is 0 Å². The number of aliphatic carboxylic acids is 1. The number of hydrogen-bond donors (Lipinski definition) is 3. The van der Waals surface area contributed by atoms with Gasteiger partial charge in [-0.2, -0.15) is 0 Å². The molecule has 0 saturated carbocycles. The predicted octanol–water partition coefficient (Wildman–Crippen LogP) is 4.01. The maximum absolute atomic E-state index is 13.1. The van der Waals surface area contributed by atoms with Crippen LogP contribution in [0.25, 0.3) is 0 Å². The van der Waals surface area contributed by atoms with Gasteiger partial charge in [0.05, 0.1) is 10.7 Å². The van der Waals surface area contributed by atoms with Crippen LogP contribution in [0.15, 0.2) is 16.6 Å². The Labute approximate surface area is 135 Å². The minimum absolute atomic E-state index is 0.00551. The number of carbonyl (C=O) groups is 2. The Kier molecular flexibility index (Phi) is 5.98. The number of rotatable bonds is 5.